The van der Waals surface area contributed by atoms with Gasteiger partial charge in [-0.05, 0) is 84.9 Å². The molecule has 7 nitrogen and oxygen atoms in total. The molecule has 0 atom stereocenters. The lowest BCUT2D eigenvalue weighted by molar-refractivity contribution is 1.08. The fraction of sp³-hybridized carbons (Fsp3) is 0. The summed E-state index contributed by atoms with van der Waals surface area (Å²) in [5.41, 5.74) is 16.1. The summed E-state index contributed by atoms with van der Waals surface area (Å²) in [5, 5.41) is 9.26. The Bertz CT molecular complexity index is 4900. The monoisotopic (exact) mass is 969 g/mol. The van der Waals surface area contributed by atoms with E-state index in [0.29, 0.717) is 17.5 Å². The van der Waals surface area contributed by atoms with Gasteiger partial charge < -0.3 is 18.3 Å². The van der Waals surface area contributed by atoms with Crippen LogP contribution >= 0.6 is 0 Å². The van der Waals surface area contributed by atoms with Crippen LogP contribution in [0, 0.1) is 0 Å². The van der Waals surface area contributed by atoms with Crippen molar-refractivity contribution >= 4 is 87.2 Å². The second-order valence-corrected chi connectivity index (χ2v) is 19.5. The van der Waals surface area contributed by atoms with Crippen molar-refractivity contribution < 1.29 is 0 Å². The minimum atomic E-state index is 0.602. The van der Waals surface area contributed by atoms with E-state index in [1.165, 1.54) is 27.2 Å². The van der Waals surface area contributed by atoms with Crippen LogP contribution in [0.15, 0.2) is 261 Å². The van der Waals surface area contributed by atoms with E-state index in [2.05, 4.69) is 243 Å². The summed E-state index contributed by atoms with van der Waals surface area (Å²) < 4.78 is 9.81. The zero-order valence-electron chi connectivity index (χ0n) is 41.0. The predicted octanol–water partition coefficient (Wildman–Crippen LogP) is 17.3. The van der Waals surface area contributed by atoms with Gasteiger partial charge in [-0.3, -0.25) is 0 Å². The number of hydrogen-bond acceptors (Lipinski definition) is 3. The average molecular weight is 970 g/mol. The molecule has 0 aliphatic rings. The second-order valence-electron chi connectivity index (χ2n) is 19.5. The molecular weight excluding hydrogens is 927 g/mol. The van der Waals surface area contributed by atoms with Crippen LogP contribution in [0.2, 0.25) is 0 Å². The van der Waals surface area contributed by atoms with Gasteiger partial charge in [0, 0.05) is 82.5 Å². The van der Waals surface area contributed by atoms with Gasteiger partial charge in [0.05, 0.1) is 44.1 Å². The summed E-state index contributed by atoms with van der Waals surface area (Å²) >= 11 is 0. The molecule has 0 spiro atoms. The molecular formula is C69H43N7. The van der Waals surface area contributed by atoms with Crippen LogP contribution in [0.4, 0.5) is 0 Å². The highest BCUT2D eigenvalue weighted by atomic mass is 15.1. The van der Waals surface area contributed by atoms with Gasteiger partial charge in [-0.25, -0.2) is 15.0 Å². The van der Waals surface area contributed by atoms with E-state index >= 15 is 0 Å². The van der Waals surface area contributed by atoms with Gasteiger partial charge >= 0.3 is 0 Å². The maximum Gasteiger partial charge on any atom is 0.164 e. The van der Waals surface area contributed by atoms with Crippen molar-refractivity contribution in [3.63, 3.8) is 0 Å². The van der Waals surface area contributed by atoms with Crippen LogP contribution in [0.5, 0.6) is 0 Å². The molecule has 11 aromatic carbocycles. The van der Waals surface area contributed by atoms with Gasteiger partial charge in [0.15, 0.2) is 17.5 Å². The smallest absolute Gasteiger partial charge is 0.164 e. The lowest BCUT2D eigenvalue weighted by Crippen LogP contribution is -2.01. The van der Waals surface area contributed by atoms with Crippen molar-refractivity contribution in [2.75, 3.05) is 0 Å². The Morgan fingerprint density at radius 1 is 0.224 bits per heavy atom. The lowest BCUT2D eigenvalue weighted by atomic mass is 10.0. The SMILES string of the molecule is c1ccc(-c2nc(-c3ccccc3)nc(-c3cc4c(c5ccccc5n4-c4ccccc4)c4c3c3ccccc3n4-c3ccc4c(c3)c3c(ccc5c6ccccc6n(-c6ccccc6)c53)n4-c3ccccc3)n2)cc1. The Kier molecular flexibility index (Phi) is 9.20. The van der Waals surface area contributed by atoms with E-state index in [4.69, 9.17) is 15.0 Å². The first-order valence-electron chi connectivity index (χ1n) is 25.8. The van der Waals surface area contributed by atoms with E-state index in [-0.39, 0.29) is 0 Å². The molecule has 16 rings (SSSR count). The molecule has 0 N–H and O–H groups in total. The molecule has 0 amide bonds. The summed E-state index contributed by atoms with van der Waals surface area (Å²) in [4.78, 5) is 16.0. The summed E-state index contributed by atoms with van der Waals surface area (Å²) in [6, 6.07) is 93.3. The Balaban J connectivity index is 1.09. The molecule has 0 radical (unpaired) electrons. The number of benzene rings is 11. The highest BCUT2D eigenvalue weighted by Gasteiger charge is 2.28. The number of nitrogens with zero attached hydrogens (tertiary/aromatic N) is 7. The fourth-order valence-electron chi connectivity index (χ4n) is 12.2. The third-order valence-corrected chi connectivity index (χ3v) is 15.4. The van der Waals surface area contributed by atoms with E-state index in [1.54, 1.807) is 0 Å². The first-order chi connectivity index (χ1) is 37.7. The van der Waals surface area contributed by atoms with Crippen molar-refractivity contribution in [2.24, 2.45) is 0 Å². The van der Waals surface area contributed by atoms with Gasteiger partial charge in [-0.1, -0.05) is 176 Å². The van der Waals surface area contributed by atoms with Crippen molar-refractivity contribution in [3.05, 3.63) is 261 Å². The third kappa shape index (κ3) is 6.20. The maximum absolute atomic E-state index is 5.44. The van der Waals surface area contributed by atoms with Crippen molar-refractivity contribution in [2.45, 2.75) is 0 Å². The Morgan fingerprint density at radius 2 is 0.632 bits per heavy atom. The molecule has 0 unspecified atom stereocenters. The highest BCUT2D eigenvalue weighted by Crippen LogP contribution is 2.48. The summed E-state index contributed by atoms with van der Waals surface area (Å²) in [5.74, 6) is 1.83. The van der Waals surface area contributed by atoms with Gasteiger partial charge in [0.25, 0.3) is 0 Å². The fourth-order valence-corrected chi connectivity index (χ4v) is 12.2. The molecule has 0 saturated carbocycles. The molecule has 0 aliphatic carbocycles. The number of aromatic nitrogens is 7. The van der Waals surface area contributed by atoms with Crippen LogP contribution in [-0.2, 0) is 0 Å². The van der Waals surface area contributed by atoms with Gasteiger partial charge in [-0.15, -0.1) is 0 Å². The maximum atomic E-state index is 5.44. The zero-order valence-corrected chi connectivity index (χ0v) is 41.0. The summed E-state index contributed by atoms with van der Waals surface area (Å²) in [6.45, 7) is 0. The van der Waals surface area contributed by atoms with Crippen molar-refractivity contribution in [1.29, 1.82) is 0 Å². The Morgan fingerprint density at radius 3 is 1.22 bits per heavy atom. The first kappa shape index (κ1) is 42.2. The molecule has 76 heavy (non-hydrogen) atoms. The minimum absolute atomic E-state index is 0.602. The lowest BCUT2D eigenvalue weighted by Gasteiger charge is -2.14. The standard InChI is InChI=1S/C69H43N7/c1-6-22-44(23-7-1)67-70-68(45-24-8-2-9-25-45)72-69(71-67)55-43-61-63(53-34-18-20-36-57(53)74(61)47-28-12-4-13-29-47)66-62(55)52-33-17-21-37-58(52)76(66)49-38-40-59-54(42-49)64-60(73(59)46-26-10-3-11-27-46)41-39-51-50-32-16-19-35-56(50)75(65(51)64)48-30-14-5-15-31-48/h1-43H. The molecule has 7 heteroatoms. The van der Waals surface area contributed by atoms with Gasteiger partial charge in [-0.2, -0.15) is 0 Å². The predicted molar refractivity (Wildman–Crippen MR) is 313 cm³/mol. The van der Waals surface area contributed by atoms with E-state index in [9.17, 15) is 0 Å². The van der Waals surface area contributed by atoms with Gasteiger partial charge in [0.2, 0.25) is 0 Å². The Hall–Kier alpha value is -10.4. The zero-order chi connectivity index (χ0) is 49.8. The molecule has 0 aliphatic heterocycles. The quantitative estimate of drug-likeness (QED) is 0.160. The van der Waals surface area contributed by atoms with Gasteiger partial charge in [0.1, 0.15) is 0 Å². The molecule has 5 heterocycles. The molecule has 0 bridgehead atoms. The van der Waals surface area contributed by atoms with E-state index in [0.717, 1.165) is 99.5 Å². The first-order valence-corrected chi connectivity index (χ1v) is 25.8. The normalized spacial score (nSPS) is 11.9. The average Bonchev–Trinajstić information content (AvgIpc) is 4.29. The Labute approximate surface area is 436 Å². The molecule has 16 aromatic rings. The van der Waals surface area contributed by atoms with Crippen LogP contribution in [0.3, 0.4) is 0 Å². The van der Waals surface area contributed by atoms with Crippen LogP contribution in [0.25, 0.3) is 144 Å². The summed E-state index contributed by atoms with van der Waals surface area (Å²) in [7, 11) is 0. The highest BCUT2D eigenvalue weighted by molar-refractivity contribution is 6.30. The molecule has 0 saturated heterocycles. The van der Waals surface area contributed by atoms with E-state index in [1.807, 2.05) is 36.4 Å². The summed E-state index contributed by atoms with van der Waals surface area (Å²) in [6.07, 6.45) is 0. The largest absolute Gasteiger partial charge is 0.309 e. The van der Waals surface area contributed by atoms with Crippen molar-refractivity contribution in [3.8, 4) is 56.9 Å². The van der Waals surface area contributed by atoms with Crippen LogP contribution in [-0.4, -0.2) is 33.2 Å². The number of fused-ring (bicyclic) bond motifs is 14. The van der Waals surface area contributed by atoms with E-state index < -0.39 is 0 Å². The van der Waals surface area contributed by atoms with Crippen molar-refractivity contribution in [1.82, 2.24) is 33.2 Å². The number of rotatable bonds is 7. The molecule has 0 fully saturated rings. The number of para-hydroxylation sites is 6. The molecule has 5 aromatic heterocycles. The molecule has 354 valence electrons. The number of hydrogen-bond donors (Lipinski definition) is 0. The minimum Gasteiger partial charge on any atom is -0.309 e. The second kappa shape index (κ2) is 16.6. The topological polar surface area (TPSA) is 58.4 Å². The van der Waals surface area contributed by atoms with Crippen LogP contribution < -0.4 is 0 Å². The van der Waals surface area contributed by atoms with Crippen LogP contribution in [0.1, 0.15) is 0 Å². The third-order valence-electron chi connectivity index (χ3n) is 15.4.